The molecule has 1 aliphatic rings. The molecule has 1 saturated carbocycles. The number of hydrogen-bond acceptors (Lipinski definition) is 3. The van der Waals surface area contributed by atoms with Crippen LogP contribution in [0.15, 0.2) is 29.3 Å². The van der Waals surface area contributed by atoms with Crippen LogP contribution in [0.4, 0.5) is 0 Å². The van der Waals surface area contributed by atoms with E-state index in [0.29, 0.717) is 11.6 Å². The standard InChI is InChI=1S/C20H32ClN3O2.HI/c1-3-22-19(23-14-18(25)16-6-8-17(21)9-7-16)24-15-20(12-13-26-2)10-4-5-11-20;/h6-9,18,25H,3-5,10-15H2,1-2H3,(H2,22,23,24);1H. The number of aliphatic imine (C=N–C) groups is 1. The molecule has 1 unspecified atom stereocenters. The number of methoxy groups -OCH3 is 1. The van der Waals surface area contributed by atoms with E-state index in [1.165, 1.54) is 25.7 Å². The molecule has 154 valence electrons. The summed E-state index contributed by atoms with van der Waals surface area (Å²) >= 11 is 5.90. The first-order valence-electron chi connectivity index (χ1n) is 9.53. The number of hydrogen-bond donors (Lipinski definition) is 3. The first-order valence-corrected chi connectivity index (χ1v) is 9.91. The van der Waals surface area contributed by atoms with Crippen molar-refractivity contribution in [3.63, 3.8) is 0 Å². The van der Waals surface area contributed by atoms with Crippen LogP contribution in [0.5, 0.6) is 0 Å². The van der Waals surface area contributed by atoms with Crippen LogP contribution in [0, 0.1) is 5.41 Å². The maximum Gasteiger partial charge on any atom is 0.191 e. The summed E-state index contributed by atoms with van der Waals surface area (Å²) < 4.78 is 5.30. The zero-order valence-electron chi connectivity index (χ0n) is 16.3. The Labute approximate surface area is 185 Å². The van der Waals surface area contributed by atoms with Crippen LogP contribution in [0.3, 0.4) is 0 Å². The molecule has 1 aromatic rings. The molecule has 0 aliphatic heterocycles. The number of rotatable bonds is 9. The Bertz CT molecular complexity index is 563. The van der Waals surface area contributed by atoms with Crippen LogP contribution >= 0.6 is 35.6 Å². The molecule has 1 aromatic carbocycles. The Morgan fingerprint density at radius 3 is 2.52 bits per heavy atom. The SMILES string of the molecule is CCNC(=NCC1(CCOC)CCCC1)NCC(O)c1ccc(Cl)cc1.I. The number of nitrogens with zero attached hydrogens (tertiary/aromatic N) is 1. The lowest BCUT2D eigenvalue weighted by atomic mass is 9.83. The molecule has 5 nitrogen and oxygen atoms in total. The molecule has 0 heterocycles. The van der Waals surface area contributed by atoms with E-state index in [1.807, 2.05) is 19.1 Å². The van der Waals surface area contributed by atoms with E-state index in [9.17, 15) is 5.11 Å². The third kappa shape index (κ3) is 8.13. The second-order valence-electron chi connectivity index (χ2n) is 7.09. The summed E-state index contributed by atoms with van der Waals surface area (Å²) in [7, 11) is 1.76. The van der Waals surface area contributed by atoms with Gasteiger partial charge in [0.1, 0.15) is 0 Å². The van der Waals surface area contributed by atoms with Gasteiger partial charge in [0.25, 0.3) is 0 Å². The molecule has 1 fully saturated rings. The lowest BCUT2D eigenvalue weighted by Gasteiger charge is -2.27. The minimum atomic E-state index is -0.606. The zero-order valence-corrected chi connectivity index (χ0v) is 19.4. The molecule has 2 rings (SSSR count). The monoisotopic (exact) mass is 509 g/mol. The van der Waals surface area contributed by atoms with Crippen LogP contribution in [-0.4, -0.2) is 44.4 Å². The first kappa shape index (κ1) is 24.5. The molecule has 0 aromatic heterocycles. The summed E-state index contributed by atoms with van der Waals surface area (Å²) in [5, 5.41) is 17.6. The van der Waals surface area contributed by atoms with Crippen molar-refractivity contribution in [3.8, 4) is 0 Å². The van der Waals surface area contributed by atoms with E-state index in [2.05, 4.69) is 10.6 Å². The molecule has 0 saturated heterocycles. The number of halogens is 2. The molecule has 0 bridgehead atoms. The summed E-state index contributed by atoms with van der Waals surface area (Å²) in [6.45, 7) is 4.81. The van der Waals surface area contributed by atoms with Gasteiger partial charge in [0, 0.05) is 38.4 Å². The van der Waals surface area contributed by atoms with Crippen LogP contribution in [0.1, 0.15) is 50.7 Å². The van der Waals surface area contributed by atoms with Gasteiger partial charge in [0.15, 0.2) is 5.96 Å². The molecule has 27 heavy (non-hydrogen) atoms. The van der Waals surface area contributed by atoms with Crippen LogP contribution < -0.4 is 10.6 Å². The van der Waals surface area contributed by atoms with Gasteiger partial charge in [-0.2, -0.15) is 0 Å². The molecule has 1 aliphatic carbocycles. The summed E-state index contributed by atoms with van der Waals surface area (Å²) in [5.74, 6) is 0.754. The van der Waals surface area contributed by atoms with E-state index >= 15 is 0 Å². The Hall–Kier alpha value is -0.570. The molecule has 1 atom stereocenters. The second kappa shape index (κ2) is 12.8. The molecular formula is C20H33ClIN3O2. The van der Waals surface area contributed by atoms with Gasteiger partial charge < -0.3 is 20.5 Å². The number of aliphatic hydroxyl groups excluding tert-OH is 1. The fourth-order valence-electron chi connectivity index (χ4n) is 3.52. The van der Waals surface area contributed by atoms with Crippen molar-refractivity contribution in [2.45, 2.75) is 45.1 Å². The Morgan fingerprint density at radius 1 is 1.26 bits per heavy atom. The highest BCUT2D eigenvalue weighted by Crippen LogP contribution is 2.41. The maximum absolute atomic E-state index is 10.4. The van der Waals surface area contributed by atoms with Gasteiger partial charge in [-0.3, -0.25) is 4.99 Å². The van der Waals surface area contributed by atoms with Crippen LogP contribution in [0.25, 0.3) is 0 Å². The fraction of sp³-hybridized carbons (Fsp3) is 0.650. The predicted molar refractivity (Wildman–Crippen MR) is 123 cm³/mol. The van der Waals surface area contributed by atoms with Crippen molar-refractivity contribution in [1.29, 1.82) is 0 Å². The highest BCUT2D eigenvalue weighted by atomic mass is 127. The van der Waals surface area contributed by atoms with Crippen molar-refractivity contribution in [2.75, 3.05) is 33.4 Å². The van der Waals surface area contributed by atoms with Crippen molar-refractivity contribution in [1.82, 2.24) is 10.6 Å². The van der Waals surface area contributed by atoms with Crippen molar-refractivity contribution in [2.24, 2.45) is 10.4 Å². The lowest BCUT2D eigenvalue weighted by Crippen LogP contribution is -2.40. The molecular weight excluding hydrogens is 477 g/mol. The normalized spacial score (nSPS) is 17.3. The Morgan fingerprint density at radius 2 is 1.93 bits per heavy atom. The zero-order chi connectivity index (χ0) is 18.8. The van der Waals surface area contributed by atoms with Gasteiger partial charge in [-0.05, 0) is 49.3 Å². The highest BCUT2D eigenvalue weighted by molar-refractivity contribution is 14.0. The van der Waals surface area contributed by atoms with Gasteiger partial charge in [-0.15, -0.1) is 24.0 Å². The second-order valence-corrected chi connectivity index (χ2v) is 7.53. The molecule has 3 N–H and O–H groups in total. The number of guanidine groups is 1. The summed E-state index contributed by atoms with van der Waals surface area (Å²) in [5.41, 5.74) is 1.10. The number of benzene rings is 1. The predicted octanol–water partition coefficient (Wildman–Crippen LogP) is 4.14. The molecule has 0 radical (unpaired) electrons. The molecule has 7 heteroatoms. The van der Waals surface area contributed by atoms with Crippen LogP contribution in [0.2, 0.25) is 5.02 Å². The number of nitrogens with one attached hydrogen (secondary N) is 2. The average Bonchev–Trinajstić information content (AvgIpc) is 3.12. The van der Waals surface area contributed by atoms with E-state index < -0.39 is 6.10 Å². The van der Waals surface area contributed by atoms with E-state index in [4.69, 9.17) is 21.3 Å². The van der Waals surface area contributed by atoms with E-state index in [0.717, 1.165) is 37.6 Å². The van der Waals surface area contributed by atoms with E-state index in [1.54, 1.807) is 19.2 Å². The minimum absolute atomic E-state index is 0. The van der Waals surface area contributed by atoms with Gasteiger partial charge in [-0.1, -0.05) is 36.6 Å². The third-order valence-corrected chi connectivity index (χ3v) is 5.39. The third-order valence-electron chi connectivity index (χ3n) is 5.14. The average molecular weight is 510 g/mol. The molecule has 0 spiro atoms. The quantitative estimate of drug-likeness (QED) is 0.266. The van der Waals surface area contributed by atoms with Gasteiger partial charge in [0.05, 0.1) is 6.10 Å². The smallest absolute Gasteiger partial charge is 0.191 e. The van der Waals surface area contributed by atoms with Gasteiger partial charge in [0.2, 0.25) is 0 Å². The van der Waals surface area contributed by atoms with Crippen LogP contribution in [-0.2, 0) is 4.74 Å². The molecule has 0 amide bonds. The highest BCUT2D eigenvalue weighted by Gasteiger charge is 2.33. The maximum atomic E-state index is 10.4. The van der Waals surface area contributed by atoms with Gasteiger partial charge >= 0.3 is 0 Å². The summed E-state index contributed by atoms with van der Waals surface area (Å²) in [6, 6.07) is 7.27. The number of aliphatic hydroxyl groups is 1. The Balaban J connectivity index is 0.00000364. The van der Waals surface area contributed by atoms with Crippen molar-refractivity contribution in [3.05, 3.63) is 34.9 Å². The summed E-state index contributed by atoms with van der Waals surface area (Å²) in [4.78, 5) is 4.81. The lowest BCUT2D eigenvalue weighted by molar-refractivity contribution is 0.141. The minimum Gasteiger partial charge on any atom is -0.387 e. The number of ether oxygens (including phenoxy) is 1. The van der Waals surface area contributed by atoms with Crippen molar-refractivity contribution >= 4 is 41.5 Å². The first-order chi connectivity index (χ1) is 12.6. The summed E-state index contributed by atoms with van der Waals surface area (Å²) in [6.07, 6.45) is 5.43. The van der Waals surface area contributed by atoms with E-state index in [-0.39, 0.29) is 29.4 Å². The fourth-order valence-corrected chi connectivity index (χ4v) is 3.64. The Kier molecular flexibility index (Phi) is 11.6. The van der Waals surface area contributed by atoms with Crippen molar-refractivity contribution < 1.29 is 9.84 Å². The van der Waals surface area contributed by atoms with Gasteiger partial charge in [-0.25, -0.2) is 0 Å². The topological polar surface area (TPSA) is 65.9 Å². The largest absolute Gasteiger partial charge is 0.387 e.